The van der Waals surface area contributed by atoms with Crippen molar-refractivity contribution in [1.82, 2.24) is 34.1 Å². The molecule has 0 spiro atoms. The van der Waals surface area contributed by atoms with Gasteiger partial charge in [0.15, 0.2) is 40.8 Å². The fraction of sp³-hybridized carbons (Fsp3) is 0.424. The Balaban J connectivity index is 1.16. The second-order valence-electron chi connectivity index (χ2n) is 13.1. The van der Waals surface area contributed by atoms with Crippen LogP contribution >= 0.6 is 15.0 Å². The van der Waals surface area contributed by atoms with E-state index in [9.17, 15) is 33.8 Å². The van der Waals surface area contributed by atoms with Crippen LogP contribution in [0.15, 0.2) is 60.3 Å². The van der Waals surface area contributed by atoms with E-state index < -0.39 is 94.2 Å². The molecule has 0 aliphatic carbocycles. The molecule has 4 N–H and O–H groups in total. The van der Waals surface area contributed by atoms with Gasteiger partial charge in [-0.05, 0) is 23.9 Å². The van der Waals surface area contributed by atoms with E-state index in [0.717, 1.165) is 12.5 Å². The van der Waals surface area contributed by atoms with Gasteiger partial charge in [-0.15, -0.1) is 9.42 Å². The lowest BCUT2D eigenvalue weighted by molar-refractivity contribution is -0.0554. The molecule has 1 aromatic carbocycles. The zero-order valence-corrected chi connectivity index (χ0v) is 32.6. The van der Waals surface area contributed by atoms with Gasteiger partial charge in [-0.3, -0.25) is 14.2 Å². The number of nitriles is 1. The minimum absolute atomic E-state index is 0.0298. The standard InChI is InChI=1S/C33H34FN9O11P2S/c1-17-21(12-44)51-33(43-16-40-24-27(36-14-38-29(24)43)41-30(45)19-7-4-3-5-8-19)26(17)54-56(57,49-10-6-9-35)50-13-22-25(53-55(47)48)18(2)32(52-22)42-11-20(34)23-28(42)37-15-39-31(23)46/h3-5,7-8,11,14-18,21-22,25-26,32-33,44H,6,10,12-13H2,1-2H3,(H2-,36,37,38,39,41,45,46,47,48)/p+1/t17-,18-,21-,22-,25+,26-,32-,33-,56?/m1/s1. The highest BCUT2D eigenvalue weighted by atomic mass is 32.5. The zero-order chi connectivity index (χ0) is 40.4. The molecule has 5 aromatic rings. The summed E-state index contributed by atoms with van der Waals surface area (Å²) in [7, 11) is -3.16. The van der Waals surface area contributed by atoms with Crippen LogP contribution in [-0.4, -0.2) is 94.2 Å². The Morgan fingerprint density at radius 2 is 1.86 bits per heavy atom. The monoisotopic (exact) mass is 846 g/mol. The number of halogens is 1. The molecule has 2 unspecified atom stereocenters. The molecule has 0 radical (unpaired) electrons. The van der Waals surface area contributed by atoms with Crippen LogP contribution in [0.2, 0.25) is 0 Å². The van der Waals surface area contributed by atoms with Gasteiger partial charge in [-0.25, -0.2) is 24.3 Å². The van der Waals surface area contributed by atoms with Gasteiger partial charge < -0.3 is 43.0 Å². The number of amides is 1. The van der Waals surface area contributed by atoms with Crippen LogP contribution in [0.25, 0.3) is 22.2 Å². The van der Waals surface area contributed by atoms with Crippen molar-refractivity contribution >= 4 is 60.7 Å². The van der Waals surface area contributed by atoms with Crippen LogP contribution in [0, 0.1) is 29.0 Å². The number of aromatic amines is 1. The maximum Gasteiger partial charge on any atom is 0.695 e. The third-order valence-electron chi connectivity index (χ3n) is 9.60. The highest BCUT2D eigenvalue weighted by Gasteiger charge is 2.51. The number of aliphatic hydroxyl groups excluding tert-OH is 1. The number of carbonyl (C=O) groups excluding carboxylic acids is 1. The number of rotatable bonds is 15. The Kier molecular flexibility index (Phi) is 12.3. The van der Waals surface area contributed by atoms with Gasteiger partial charge in [0.2, 0.25) is 0 Å². The second kappa shape index (κ2) is 17.2. The van der Waals surface area contributed by atoms with Crippen molar-refractivity contribution in [3.63, 3.8) is 0 Å². The highest BCUT2D eigenvalue weighted by molar-refractivity contribution is 8.07. The van der Waals surface area contributed by atoms with Crippen molar-refractivity contribution in [3.05, 3.63) is 77.2 Å². The number of carbonyl (C=O) groups is 1. The molecule has 2 fully saturated rings. The Bertz CT molecular complexity index is 2430. The Hall–Kier alpha value is -4.49. The molecule has 0 saturated carbocycles. The smallest absolute Gasteiger partial charge is 0.394 e. The quantitative estimate of drug-likeness (QED) is 0.0866. The summed E-state index contributed by atoms with van der Waals surface area (Å²) < 4.78 is 66.2. The van der Waals surface area contributed by atoms with Gasteiger partial charge in [0.1, 0.15) is 30.1 Å². The average Bonchev–Trinajstić information content (AvgIpc) is 3.94. The number of ether oxygens (including phenoxy) is 2. The van der Waals surface area contributed by atoms with Gasteiger partial charge in [-0.2, -0.15) is 5.26 Å². The summed E-state index contributed by atoms with van der Waals surface area (Å²) in [4.78, 5) is 54.5. The number of H-pyrrole nitrogens is 1. The molecule has 2 saturated heterocycles. The van der Waals surface area contributed by atoms with Crippen LogP contribution in [0.5, 0.6) is 0 Å². The van der Waals surface area contributed by atoms with E-state index in [1.54, 1.807) is 44.2 Å². The van der Waals surface area contributed by atoms with Crippen molar-refractivity contribution in [2.24, 2.45) is 11.8 Å². The molecule has 20 nitrogen and oxygen atoms in total. The molecule has 7 rings (SSSR count). The number of benzene rings is 1. The van der Waals surface area contributed by atoms with Crippen LogP contribution in [-0.2, 0) is 43.9 Å². The molecule has 24 heteroatoms. The summed E-state index contributed by atoms with van der Waals surface area (Å²) in [6.07, 6.45) is -1.37. The van der Waals surface area contributed by atoms with Crippen LogP contribution in [0.4, 0.5) is 10.2 Å². The largest absolute Gasteiger partial charge is 0.695 e. The predicted molar refractivity (Wildman–Crippen MR) is 199 cm³/mol. The fourth-order valence-corrected chi connectivity index (χ4v) is 9.47. The van der Waals surface area contributed by atoms with Gasteiger partial charge in [-0.1, -0.05) is 32.0 Å². The van der Waals surface area contributed by atoms with Crippen molar-refractivity contribution < 1.29 is 51.3 Å². The number of fused-ring (bicyclic) bond motifs is 2. The third kappa shape index (κ3) is 8.28. The first-order valence-corrected chi connectivity index (χ1v) is 21.1. The maximum atomic E-state index is 14.9. The Morgan fingerprint density at radius 3 is 2.60 bits per heavy atom. The van der Waals surface area contributed by atoms with Crippen LogP contribution < -0.4 is 10.9 Å². The van der Waals surface area contributed by atoms with Crippen molar-refractivity contribution in [2.45, 2.75) is 57.1 Å². The number of nitrogens with zero attached hydrogens (tertiary/aromatic N) is 7. The van der Waals surface area contributed by atoms with Crippen molar-refractivity contribution in [3.8, 4) is 6.07 Å². The number of imidazole rings is 1. The third-order valence-corrected chi connectivity index (χ3v) is 12.4. The van der Waals surface area contributed by atoms with Gasteiger partial charge >= 0.3 is 15.0 Å². The number of nitrogens with one attached hydrogen (secondary N) is 2. The topological polar surface area (TPSA) is 260 Å². The minimum atomic E-state index is -3.90. The molecular weight excluding hydrogens is 811 g/mol. The molecule has 1 amide bonds. The predicted octanol–water partition coefficient (Wildman–Crippen LogP) is 3.61. The van der Waals surface area contributed by atoms with E-state index in [0.29, 0.717) is 5.56 Å². The first-order chi connectivity index (χ1) is 27.4. The second-order valence-corrected chi connectivity index (χ2v) is 16.7. The number of hydrogen-bond donors (Lipinski definition) is 4. The molecule has 57 heavy (non-hydrogen) atoms. The molecule has 300 valence electrons. The summed E-state index contributed by atoms with van der Waals surface area (Å²) in [5, 5.41) is 22.0. The summed E-state index contributed by atoms with van der Waals surface area (Å²) in [5.74, 6) is -2.42. The minimum Gasteiger partial charge on any atom is -0.394 e. The van der Waals surface area contributed by atoms with Crippen molar-refractivity contribution in [1.29, 1.82) is 5.26 Å². The lowest BCUT2D eigenvalue weighted by Crippen LogP contribution is -2.32. The lowest BCUT2D eigenvalue weighted by Gasteiger charge is -2.30. The number of hydrogen-bond acceptors (Lipinski definition) is 16. The lowest BCUT2D eigenvalue weighted by atomic mass is 10.0. The van der Waals surface area contributed by atoms with E-state index in [4.69, 9.17) is 39.4 Å². The van der Waals surface area contributed by atoms with E-state index in [-0.39, 0.29) is 41.0 Å². The molecule has 0 bridgehead atoms. The van der Waals surface area contributed by atoms with E-state index in [1.807, 2.05) is 6.07 Å². The fourth-order valence-electron chi connectivity index (χ4n) is 6.79. The van der Waals surface area contributed by atoms with E-state index in [2.05, 4.69) is 30.2 Å². The summed E-state index contributed by atoms with van der Waals surface area (Å²) in [6, 6.07) is 10.5. The summed E-state index contributed by atoms with van der Waals surface area (Å²) in [5.41, 5.74) is 0.141. The van der Waals surface area contributed by atoms with Gasteiger partial charge in [0.25, 0.3) is 11.5 Å². The van der Waals surface area contributed by atoms with Crippen molar-refractivity contribution in [2.75, 3.05) is 25.1 Å². The normalized spacial score (nSPS) is 26.1. The molecular formula is C33H35FN9O11P2S+. The number of aliphatic hydroxyl groups is 1. The first-order valence-electron chi connectivity index (χ1n) is 17.4. The highest BCUT2D eigenvalue weighted by Crippen LogP contribution is 2.56. The van der Waals surface area contributed by atoms with E-state index >= 15 is 0 Å². The van der Waals surface area contributed by atoms with E-state index in [1.165, 1.54) is 21.8 Å². The Labute approximate surface area is 328 Å². The molecule has 2 aliphatic rings. The molecule has 4 aromatic heterocycles. The van der Waals surface area contributed by atoms with Gasteiger partial charge in [0, 0.05) is 28.2 Å². The summed E-state index contributed by atoms with van der Waals surface area (Å²) >= 11 is 5.88. The Morgan fingerprint density at radius 1 is 1.09 bits per heavy atom. The number of aromatic nitrogens is 7. The van der Waals surface area contributed by atoms with Crippen LogP contribution in [0.3, 0.4) is 0 Å². The average molecular weight is 847 g/mol. The SMILES string of the molecule is C[C@@H]1[C@H](O[P+](=O)O)[C@@H](COP(=S)(OCCC#N)O[C@@H]2[C@H](C)[C@@H](CO)O[C@H]2n2cnc3c(NC(=O)c4ccccc4)ncnc32)O[C@H]1n1cc(F)c2c(=O)[nH]cnc21. The zero-order valence-electron chi connectivity index (χ0n) is 30.0. The molecule has 6 heterocycles. The maximum absolute atomic E-state index is 14.9. The molecule has 2 aliphatic heterocycles. The first kappa shape index (κ1) is 40.7. The van der Waals surface area contributed by atoms with Crippen LogP contribution in [0.1, 0.15) is 43.1 Å². The van der Waals surface area contributed by atoms with Gasteiger partial charge in [0.05, 0.1) is 51.1 Å². The molecule has 10 atom stereocenters. The summed E-state index contributed by atoms with van der Waals surface area (Å²) in [6.45, 7) is -1.54. The number of anilines is 1.